The molecule has 83 heavy (non-hydrogen) atoms. The highest BCUT2D eigenvalue weighted by Gasteiger charge is 2.71. The Kier molecular flexibility index (Phi) is 18.3. The summed E-state index contributed by atoms with van der Waals surface area (Å²) in [6, 6.07) is 0. The van der Waals surface area contributed by atoms with Crippen molar-refractivity contribution in [3.05, 3.63) is 11.6 Å². The summed E-state index contributed by atoms with van der Waals surface area (Å²) in [5.41, 5.74) is -2.09. The number of allylic oxidation sites excluding steroid dienone is 2. The van der Waals surface area contributed by atoms with Gasteiger partial charge >= 0.3 is 5.97 Å². The number of esters is 1. The molecule has 0 bridgehead atoms. The van der Waals surface area contributed by atoms with Gasteiger partial charge in [-0.3, -0.25) is 4.79 Å². The van der Waals surface area contributed by atoms with Crippen LogP contribution in [0.2, 0.25) is 0 Å². The van der Waals surface area contributed by atoms with Crippen LogP contribution in [0, 0.1) is 50.2 Å². The smallest absolute Gasteiger partial charge is 0.315 e. The van der Waals surface area contributed by atoms with Gasteiger partial charge in [0, 0.05) is 5.41 Å². The molecule has 0 aromatic heterocycles. The van der Waals surface area contributed by atoms with Crippen LogP contribution in [-0.2, 0) is 52.2 Å². The number of aliphatic hydroxyl groups excluding tert-OH is 14. The number of fused-ring (bicyclic) bond motifs is 7. The Morgan fingerprint density at radius 2 is 1.13 bits per heavy atom. The molecule has 0 radical (unpaired) electrons. The molecule has 32 atom stereocenters. The van der Waals surface area contributed by atoms with Gasteiger partial charge < -0.3 is 119 Å². The lowest BCUT2D eigenvalue weighted by Crippen LogP contribution is -2.67. The minimum absolute atomic E-state index is 0.0775. The average Bonchev–Trinajstić information content (AvgIpc) is 1.87. The van der Waals surface area contributed by atoms with Crippen molar-refractivity contribution in [1.82, 2.24) is 0 Å². The monoisotopic (exact) mass is 1190 g/mol. The molecule has 0 amide bonds. The Balaban J connectivity index is 0.906. The molecule has 4 saturated carbocycles. The predicted octanol–water partition coefficient (Wildman–Crippen LogP) is -1.91. The van der Waals surface area contributed by atoms with Crippen molar-refractivity contribution in [2.45, 2.75) is 267 Å². The summed E-state index contributed by atoms with van der Waals surface area (Å²) < 4.78 is 60.3. The summed E-state index contributed by atoms with van der Waals surface area (Å²) in [7, 11) is 0. The van der Waals surface area contributed by atoms with Crippen LogP contribution in [0.25, 0.3) is 0 Å². The minimum Gasteiger partial charge on any atom is -0.432 e. The largest absolute Gasteiger partial charge is 0.432 e. The number of hydrogen-bond donors (Lipinski definition) is 14. The van der Waals surface area contributed by atoms with Crippen LogP contribution in [0.4, 0.5) is 0 Å². The zero-order valence-electron chi connectivity index (χ0n) is 48.8. The molecule has 32 unspecified atom stereocenters. The van der Waals surface area contributed by atoms with Crippen molar-refractivity contribution in [2.24, 2.45) is 50.2 Å². The SMILES string of the molecule is CC1OC(OC2C(OC3CCC4(C)C(CCC5(C)C4CC=C4C6CC(C)(C)CCC6(C(=O)OC6OC(COC7OCC(O)C(O)C7O)C(O)C(O)C6OC6OC(C)C(O)C(O)C6O)CCC45C)C3(C)CO)OCC(O)C2O)C(O)C(O)C1O. The van der Waals surface area contributed by atoms with Gasteiger partial charge in [0.2, 0.25) is 6.29 Å². The molecular formula is C58H94O25. The first-order valence-corrected chi connectivity index (χ1v) is 30.0. The van der Waals surface area contributed by atoms with Gasteiger partial charge in [-0.2, -0.15) is 0 Å². The number of hydrogen-bond acceptors (Lipinski definition) is 25. The highest BCUT2D eigenvalue weighted by molar-refractivity contribution is 5.79. The normalized spacial score (nSPS) is 55.4. The van der Waals surface area contributed by atoms with Crippen molar-refractivity contribution in [2.75, 3.05) is 26.4 Å². The van der Waals surface area contributed by atoms with E-state index in [1.807, 2.05) is 6.92 Å². The van der Waals surface area contributed by atoms with E-state index < -0.39 is 176 Å². The lowest BCUT2D eigenvalue weighted by Gasteiger charge is -2.71. The Morgan fingerprint density at radius 1 is 0.566 bits per heavy atom. The summed E-state index contributed by atoms with van der Waals surface area (Å²) >= 11 is 0. The molecular weight excluding hydrogens is 1100 g/mol. The summed E-state index contributed by atoms with van der Waals surface area (Å²) in [6.45, 7) is 14.9. The Labute approximate surface area is 483 Å². The molecule has 5 aliphatic heterocycles. The molecule has 25 heteroatoms. The number of rotatable bonds is 12. The maximum Gasteiger partial charge on any atom is 0.315 e. The fraction of sp³-hybridized carbons (Fsp3) is 0.948. The first kappa shape index (κ1) is 64.3. The molecule has 476 valence electrons. The third kappa shape index (κ3) is 10.8. The van der Waals surface area contributed by atoms with Crippen LogP contribution in [-0.4, -0.2) is 251 Å². The van der Waals surface area contributed by atoms with E-state index in [1.54, 1.807) is 0 Å². The molecule has 10 aliphatic rings. The fourth-order valence-corrected chi connectivity index (χ4v) is 17.2. The van der Waals surface area contributed by atoms with E-state index in [2.05, 4.69) is 40.7 Å². The van der Waals surface area contributed by atoms with Crippen molar-refractivity contribution in [1.29, 1.82) is 0 Å². The van der Waals surface area contributed by atoms with Crippen molar-refractivity contribution in [3.63, 3.8) is 0 Å². The zero-order valence-corrected chi connectivity index (χ0v) is 48.8. The molecule has 0 aromatic carbocycles. The second kappa shape index (κ2) is 23.6. The van der Waals surface area contributed by atoms with Gasteiger partial charge in [-0.05, 0) is 117 Å². The lowest BCUT2D eigenvalue weighted by atomic mass is 9.33. The second-order valence-electron chi connectivity index (χ2n) is 28.0. The first-order valence-electron chi connectivity index (χ1n) is 30.0. The van der Waals surface area contributed by atoms with E-state index in [0.717, 1.165) is 6.42 Å². The molecule has 10 rings (SSSR count). The third-order valence-electron chi connectivity index (χ3n) is 22.8. The van der Waals surface area contributed by atoms with Crippen molar-refractivity contribution >= 4 is 5.97 Å². The molecule has 25 nitrogen and oxygen atoms in total. The maximum atomic E-state index is 15.6. The molecule has 0 spiro atoms. The topological polar surface area (TPSA) is 393 Å². The number of aliphatic hydroxyl groups is 14. The summed E-state index contributed by atoms with van der Waals surface area (Å²) in [5.74, 6) is -0.933. The van der Waals surface area contributed by atoms with Crippen LogP contribution in [0.5, 0.6) is 0 Å². The van der Waals surface area contributed by atoms with Gasteiger partial charge in [-0.15, -0.1) is 0 Å². The van der Waals surface area contributed by atoms with Gasteiger partial charge in [-0.25, -0.2) is 0 Å². The predicted molar refractivity (Wildman–Crippen MR) is 282 cm³/mol. The molecule has 9 fully saturated rings. The molecule has 5 heterocycles. The fourth-order valence-electron chi connectivity index (χ4n) is 17.2. The number of carbonyl (C=O) groups excluding carboxylic acids is 1. The molecule has 5 aliphatic carbocycles. The maximum absolute atomic E-state index is 15.6. The highest BCUT2D eigenvalue weighted by atomic mass is 16.8. The highest BCUT2D eigenvalue weighted by Crippen LogP contribution is 2.76. The van der Waals surface area contributed by atoms with Crippen molar-refractivity contribution in [3.8, 4) is 0 Å². The van der Waals surface area contributed by atoms with Gasteiger partial charge in [-0.1, -0.05) is 53.2 Å². The third-order valence-corrected chi connectivity index (χ3v) is 22.8. The molecule has 5 saturated heterocycles. The van der Waals surface area contributed by atoms with Gasteiger partial charge in [0.15, 0.2) is 31.3 Å². The minimum atomic E-state index is -1.91. The van der Waals surface area contributed by atoms with Crippen LogP contribution in [0.15, 0.2) is 11.6 Å². The van der Waals surface area contributed by atoms with Crippen LogP contribution >= 0.6 is 0 Å². The summed E-state index contributed by atoms with van der Waals surface area (Å²) in [6.07, 6.45) is -27.7. The Hall–Kier alpha value is -1.71. The Morgan fingerprint density at radius 3 is 1.75 bits per heavy atom. The summed E-state index contributed by atoms with van der Waals surface area (Å²) in [4.78, 5) is 15.6. The van der Waals surface area contributed by atoms with Crippen molar-refractivity contribution < 1.29 is 124 Å². The van der Waals surface area contributed by atoms with Crippen LogP contribution in [0.1, 0.15) is 120 Å². The van der Waals surface area contributed by atoms with E-state index in [0.29, 0.717) is 57.8 Å². The molecule has 14 N–H and O–H groups in total. The second-order valence-corrected chi connectivity index (χ2v) is 28.0. The lowest BCUT2D eigenvalue weighted by molar-refractivity contribution is -0.366. The summed E-state index contributed by atoms with van der Waals surface area (Å²) in [5, 5.41) is 152. The Bertz CT molecular complexity index is 2310. The number of carbonyl (C=O) groups is 1. The van der Waals surface area contributed by atoms with Gasteiger partial charge in [0.25, 0.3) is 0 Å². The van der Waals surface area contributed by atoms with Crippen LogP contribution in [0.3, 0.4) is 0 Å². The quantitative estimate of drug-likeness (QED) is 0.0576. The van der Waals surface area contributed by atoms with E-state index in [1.165, 1.54) is 19.4 Å². The van der Waals surface area contributed by atoms with Gasteiger partial charge in [0.05, 0.1) is 50.2 Å². The van der Waals surface area contributed by atoms with E-state index in [4.69, 9.17) is 47.4 Å². The van der Waals surface area contributed by atoms with E-state index in [9.17, 15) is 71.5 Å². The van der Waals surface area contributed by atoms with E-state index in [-0.39, 0.29) is 53.8 Å². The number of ether oxygens (including phenoxy) is 10. The standard InChI is InChI=1S/C58H94O25/c1-24-34(62)39(67)43(71)48(77-24)81-45-37(65)29(61)21-75-50(45)80-33-12-13-54(5)31(55(33,6)23-59)11-14-57(8)32(54)10-9-26-27-19-53(3,4)15-17-58(27,18-16-56(26,57)7)52(73)83-51-46(82-49-44(72)40(68)35(63)25(2)78-49)41(69)38(66)30(79-51)22-76-47-42(70)36(64)28(60)20-74-47/h9,24-25,27-51,59-72H,10-23H2,1-8H3. The van der Waals surface area contributed by atoms with Gasteiger partial charge in [0.1, 0.15) is 91.6 Å². The van der Waals surface area contributed by atoms with Crippen LogP contribution < -0.4 is 0 Å². The average molecular weight is 1190 g/mol. The van der Waals surface area contributed by atoms with E-state index >= 15 is 4.79 Å². The zero-order chi connectivity index (χ0) is 60.4. The molecule has 0 aromatic rings. The first-order chi connectivity index (χ1) is 38.9.